The van der Waals surface area contributed by atoms with Gasteiger partial charge in [0.2, 0.25) is 0 Å². The summed E-state index contributed by atoms with van der Waals surface area (Å²) in [4.78, 5) is 26.0. The van der Waals surface area contributed by atoms with Crippen LogP contribution < -0.4 is 21.7 Å². The maximum absolute atomic E-state index is 12.7. The molecule has 0 unspecified atom stereocenters. The molecule has 1 aromatic carbocycles. The van der Waals surface area contributed by atoms with Gasteiger partial charge in [0.25, 0.3) is 5.91 Å². The number of nitrogens with zero attached hydrogens (tertiary/aromatic N) is 1. The van der Waals surface area contributed by atoms with Crippen LogP contribution in [-0.4, -0.2) is 31.1 Å². The molecule has 0 radical (unpaired) electrons. The van der Waals surface area contributed by atoms with Crippen LogP contribution in [0, 0.1) is 11.8 Å². The van der Waals surface area contributed by atoms with Gasteiger partial charge in [0, 0.05) is 12.1 Å². The molecule has 1 atom stereocenters. The molecule has 30 heavy (non-hydrogen) atoms. The van der Waals surface area contributed by atoms with Crippen LogP contribution in [0.5, 0.6) is 0 Å². The molecule has 1 aliphatic rings. The zero-order valence-electron chi connectivity index (χ0n) is 15.8. The van der Waals surface area contributed by atoms with Gasteiger partial charge in [-0.2, -0.15) is 13.2 Å². The molecule has 1 saturated heterocycles. The Bertz CT molecular complexity index is 1000. The number of nitrogens with one attached hydrogen (secondary N) is 1. The molecule has 3 rings (SSSR count). The zero-order valence-corrected chi connectivity index (χ0v) is 16.6. The van der Waals surface area contributed by atoms with E-state index in [1.165, 1.54) is 17.0 Å². The highest BCUT2D eigenvalue weighted by atomic mass is 32.1. The van der Waals surface area contributed by atoms with Crippen molar-refractivity contribution >= 4 is 29.0 Å². The van der Waals surface area contributed by atoms with E-state index >= 15 is 0 Å². The zero-order chi connectivity index (χ0) is 21.9. The van der Waals surface area contributed by atoms with E-state index in [-0.39, 0.29) is 10.9 Å². The average Bonchev–Trinajstić information content (AvgIpc) is 3.11. The summed E-state index contributed by atoms with van der Waals surface area (Å²) in [5.41, 5.74) is 11.0. The van der Waals surface area contributed by atoms with Crippen molar-refractivity contribution in [3.05, 3.63) is 51.2 Å². The van der Waals surface area contributed by atoms with Gasteiger partial charge in [-0.15, -0.1) is 11.3 Å². The van der Waals surface area contributed by atoms with E-state index in [0.717, 1.165) is 42.9 Å². The van der Waals surface area contributed by atoms with Crippen LogP contribution in [0.2, 0.25) is 0 Å². The highest BCUT2D eigenvalue weighted by molar-refractivity contribution is 7.15. The van der Waals surface area contributed by atoms with Crippen molar-refractivity contribution in [2.45, 2.75) is 25.1 Å². The Morgan fingerprint density at radius 2 is 1.87 bits per heavy atom. The SMILES string of the molecule is NC(=O)c1sc(C#Cc2ccc(C(F)(F)F)cc2)cc1N(C(N)=O)[C@H]1CCCNC1. The minimum atomic E-state index is -4.42. The predicted molar refractivity (Wildman–Crippen MR) is 108 cm³/mol. The van der Waals surface area contributed by atoms with E-state index in [4.69, 9.17) is 11.5 Å². The number of carbonyl (C=O) groups is 2. The maximum Gasteiger partial charge on any atom is 0.416 e. The Morgan fingerprint density at radius 1 is 1.17 bits per heavy atom. The lowest BCUT2D eigenvalue weighted by Gasteiger charge is -2.33. The molecule has 6 nitrogen and oxygen atoms in total. The van der Waals surface area contributed by atoms with E-state index in [9.17, 15) is 22.8 Å². The lowest BCUT2D eigenvalue weighted by Crippen LogP contribution is -2.51. The minimum Gasteiger partial charge on any atom is -0.365 e. The first-order valence-electron chi connectivity index (χ1n) is 9.09. The van der Waals surface area contributed by atoms with Gasteiger partial charge in [-0.25, -0.2) is 4.79 Å². The van der Waals surface area contributed by atoms with Gasteiger partial charge in [0.15, 0.2) is 0 Å². The second-order valence-corrected chi connectivity index (χ2v) is 7.77. The third kappa shape index (κ3) is 4.93. The van der Waals surface area contributed by atoms with E-state index in [0.29, 0.717) is 22.7 Å². The summed E-state index contributed by atoms with van der Waals surface area (Å²) in [5.74, 6) is 4.86. The molecule has 2 aromatic rings. The standard InChI is InChI=1S/C20H19F3N4O2S/c21-20(22,23)13-6-3-12(4-7-13)5-8-15-10-16(17(30-15)18(24)28)27(19(25)29)14-2-1-9-26-11-14/h3-4,6-7,10,14,26H,1-2,9,11H2,(H2,24,28)(H2,25,29)/t14-/m0/s1. The highest BCUT2D eigenvalue weighted by Crippen LogP contribution is 2.32. The number of primary amides is 2. The van der Waals surface area contributed by atoms with Crippen molar-refractivity contribution in [2.75, 3.05) is 18.0 Å². The fourth-order valence-electron chi connectivity index (χ4n) is 3.22. The maximum atomic E-state index is 12.7. The van der Waals surface area contributed by atoms with Gasteiger partial charge in [-0.1, -0.05) is 11.8 Å². The Labute approximate surface area is 175 Å². The number of hydrogen-bond donors (Lipinski definition) is 3. The Balaban J connectivity index is 1.92. The molecule has 158 valence electrons. The van der Waals surface area contributed by atoms with Crippen molar-refractivity contribution in [1.82, 2.24) is 5.32 Å². The number of amides is 3. The molecule has 5 N–H and O–H groups in total. The summed E-state index contributed by atoms with van der Waals surface area (Å²) in [6.45, 7) is 1.36. The fourth-order valence-corrected chi connectivity index (χ4v) is 4.08. The van der Waals surface area contributed by atoms with Gasteiger partial charge in [0.1, 0.15) is 4.88 Å². The molecule has 0 bridgehead atoms. The van der Waals surface area contributed by atoms with Crippen LogP contribution in [0.25, 0.3) is 0 Å². The summed E-state index contributed by atoms with van der Waals surface area (Å²) in [7, 11) is 0. The minimum absolute atomic E-state index is 0.149. The van der Waals surface area contributed by atoms with Gasteiger partial charge < -0.3 is 16.8 Å². The van der Waals surface area contributed by atoms with Crippen LogP contribution in [0.4, 0.5) is 23.7 Å². The molecule has 1 aromatic heterocycles. The van der Waals surface area contributed by atoms with Crippen molar-refractivity contribution in [3.8, 4) is 11.8 Å². The van der Waals surface area contributed by atoms with Crippen molar-refractivity contribution in [2.24, 2.45) is 11.5 Å². The highest BCUT2D eigenvalue weighted by Gasteiger charge is 2.30. The molecular formula is C20H19F3N4O2S. The Morgan fingerprint density at radius 3 is 2.40 bits per heavy atom. The summed E-state index contributed by atoms with van der Waals surface area (Å²) in [6, 6.07) is 5.06. The number of thiophene rings is 1. The number of benzene rings is 1. The quantitative estimate of drug-likeness (QED) is 0.645. The van der Waals surface area contributed by atoms with Crippen LogP contribution in [0.1, 0.15) is 38.5 Å². The number of urea groups is 1. The average molecular weight is 436 g/mol. The van der Waals surface area contributed by atoms with Gasteiger partial charge in [-0.05, 0) is 49.7 Å². The third-order valence-corrected chi connectivity index (χ3v) is 5.67. The van der Waals surface area contributed by atoms with Crippen molar-refractivity contribution in [3.63, 3.8) is 0 Å². The summed E-state index contributed by atoms with van der Waals surface area (Å²) >= 11 is 1.01. The first kappa shape index (κ1) is 21.7. The molecule has 3 amide bonds. The van der Waals surface area contributed by atoms with Crippen LogP contribution in [-0.2, 0) is 6.18 Å². The van der Waals surface area contributed by atoms with Crippen LogP contribution >= 0.6 is 11.3 Å². The summed E-state index contributed by atoms with van der Waals surface area (Å²) < 4.78 is 38.0. The number of alkyl halides is 3. The summed E-state index contributed by atoms with van der Waals surface area (Å²) in [5, 5.41) is 3.19. The second-order valence-electron chi connectivity index (χ2n) is 6.72. The molecular weight excluding hydrogens is 417 g/mol. The monoisotopic (exact) mass is 436 g/mol. The third-order valence-electron chi connectivity index (χ3n) is 4.61. The molecule has 0 saturated carbocycles. The fraction of sp³-hybridized carbons (Fsp3) is 0.300. The van der Waals surface area contributed by atoms with Gasteiger partial charge in [-0.3, -0.25) is 9.69 Å². The van der Waals surface area contributed by atoms with Crippen LogP contribution in [0.3, 0.4) is 0 Å². The number of rotatable bonds is 3. The van der Waals surface area contributed by atoms with Crippen LogP contribution in [0.15, 0.2) is 30.3 Å². The lowest BCUT2D eigenvalue weighted by molar-refractivity contribution is -0.137. The number of piperidine rings is 1. The summed E-state index contributed by atoms with van der Waals surface area (Å²) in [6.07, 6.45) is -2.85. The van der Waals surface area contributed by atoms with Crippen molar-refractivity contribution < 1.29 is 22.8 Å². The molecule has 0 aliphatic carbocycles. The van der Waals surface area contributed by atoms with E-state index in [1.54, 1.807) is 6.07 Å². The molecule has 10 heteroatoms. The van der Waals surface area contributed by atoms with Gasteiger partial charge in [0.05, 0.1) is 22.2 Å². The Hall–Kier alpha value is -3.03. The molecule has 2 heterocycles. The lowest BCUT2D eigenvalue weighted by atomic mass is 10.1. The first-order chi connectivity index (χ1) is 14.2. The second kappa shape index (κ2) is 8.77. The smallest absolute Gasteiger partial charge is 0.365 e. The first-order valence-corrected chi connectivity index (χ1v) is 9.91. The number of halogens is 3. The normalized spacial score (nSPS) is 16.4. The van der Waals surface area contributed by atoms with E-state index in [2.05, 4.69) is 17.2 Å². The Kier molecular flexibility index (Phi) is 6.34. The number of nitrogens with two attached hydrogens (primary N) is 2. The molecule has 1 aliphatic heterocycles. The van der Waals surface area contributed by atoms with Gasteiger partial charge >= 0.3 is 12.2 Å². The molecule has 1 fully saturated rings. The predicted octanol–water partition coefficient (Wildman–Crippen LogP) is 2.90. The largest absolute Gasteiger partial charge is 0.416 e. The van der Waals surface area contributed by atoms with E-state index < -0.39 is 23.7 Å². The van der Waals surface area contributed by atoms with E-state index in [1.807, 2.05) is 0 Å². The number of carbonyl (C=O) groups excluding carboxylic acids is 2. The number of anilines is 1. The topological polar surface area (TPSA) is 101 Å². The molecule has 0 spiro atoms. The number of hydrogen-bond acceptors (Lipinski definition) is 4. The van der Waals surface area contributed by atoms with Crippen molar-refractivity contribution in [1.29, 1.82) is 0 Å².